The molecule has 0 amide bonds. The smallest absolute Gasteiger partial charge is 0.238 e. The molecule has 2 heterocycles. The number of rotatable bonds is 9. The Hall–Kier alpha value is -4.96. The number of hydrogen-bond acceptors (Lipinski definition) is 9. The number of nitrogens with zero attached hydrogens (tertiary/aromatic N) is 4. The molecule has 0 radical (unpaired) electrons. The lowest BCUT2D eigenvalue weighted by atomic mass is 9.97. The highest BCUT2D eigenvalue weighted by Crippen LogP contribution is 2.39. The summed E-state index contributed by atoms with van der Waals surface area (Å²) in [5, 5.41) is 28.3. The number of anilines is 2. The summed E-state index contributed by atoms with van der Waals surface area (Å²) in [4.78, 5) is 0.368. The summed E-state index contributed by atoms with van der Waals surface area (Å²) in [6, 6.07) is 47.4. The van der Waals surface area contributed by atoms with E-state index >= 15 is 0 Å². The van der Waals surface area contributed by atoms with Gasteiger partial charge in [-0.3, -0.25) is 10.0 Å². The van der Waals surface area contributed by atoms with Crippen LogP contribution in [0.1, 0.15) is 52.7 Å². The molecule has 0 aliphatic carbocycles. The van der Waals surface area contributed by atoms with Crippen LogP contribution < -0.4 is 15.2 Å². The van der Waals surface area contributed by atoms with Gasteiger partial charge in [-0.1, -0.05) is 105 Å². The lowest BCUT2D eigenvalue weighted by Gasteiger charge is -2.24. The van der Waals surface area contributed by atoms with Crippen LogP contribution in [0.25, 0.3) is 0 Å². The van der Waals surface area contributed by atoms with E-state index in [4.69, 9.17) is 15.3 Å². The van der Waals surface area contributed by atoms with Gasteiger partial charge in [0.1, 0.15) is 0 Å². The fraction of sp³-hybridized carbons (Fsp3) is 0.136. The van der Waals surface area contributed by atoms with Crippen LogP contribution in [0.5, 0.6) is 0 Å². The summed E-state index contributed by atoms with van der Waals surface area (Å²) in [6.45, 7) is -0.0199. The normalized spacial score (nSPS) is 16.7. The molecule has 6 aromatic carbocycles. The lowest BCUT2D eigenvalue weighted by Crippen LogP contribution is -2.19. The number of halogens is 2. The van der Waals surface area contributed by atoms with Gasteiger partial charge in [0.05, 0.1) is 51.3 Å². The van der Waals surface area contributed by atoms with Crippen molar-refractivity contribution >= 4 is 74.5 Å². The molecule has 0 aromatic heterocycles. The molecular formula is C44H39Br2N5O5S2. The average Bonchev–Trinajstić information content (AvgIpc) is 3.88. The second-order valence-corrected chi connectivity index (χ2v) is 19.3. The van der Waals surface area contributed by atoms with Crippen LogP contribution >= 0.6 is 31.9 Å². The summed E-state index contributed by atoms with van der Waals surface area (Å²) in [5.74, 6) is 0. The van der Waals surface area contributed by atoms with E-state index < -0.39 is 19.9 Å². The Morgan fingerprint density at radius 2 is 1.14 bits per heavy atom. The highest BCUT2D eigenvalue weighted by Gasteiger charge is 2.31. The van der Waals surface area contributed by atoms with E-state index in [1.54, 1.807) is 36.4 Å². The molecule has 10 nitrogen and oxygen atoms in total. The van der Waals surface area contributed by atoms with E-state index in [1.165, 1.54) is 18.4 Å². The molecule has 0 fully saturated rings. The Morgan fingerprint density at radius 1 is 0.603 bits per heavy atom. The molecule has 6 aromatic rings. The van der Waals surface area contributed by atoms with Gasteiger partial charge < -0.3 is 5.11 Å². The number of primary sulfonamides is 1. The summed E-state index contributed by atoms with van der Waals surface area (Å²) >= 11 is 7.02. The van der Waals surface area contributed by atoms with E-state index in [9.17, 15) is 21.9 Å². The summed E-state index contributed by atoms with van der Waals surface area (Å²) in [7, 11) is -6.99. The lowest BCUT2D eigenvalue weighted by molar-refractivity contribution is 0.282. The van der Waals surface area contributed by atoms with Gasteiger partial charge >= 0.3 is 0 Å². The Morgan fingerprint density at radius 3 is 1.69 bits per heavy atom. The number of hydrazone groups is 2. The molecule has 8 rings (SSSR count). The maximum absolute atomic E-state index is 11.8. The van der Waals surface area contributed by atoms with E-state index in [-0.39, 0.29) is 28.5 Å². The van der Waals surface area contributed by atoms with Crippen molar-refractivity contribution in [3.8, 4) is 0 Å². The fourth-order valence-corrected chi connectivity index (χ4v) is 8.71. The predicted molar refractivity (Wildman–Crippen MR) is 237 cm³/mol. The van der Waals surface area contributed by atoms with Gasteiger partial charge in [0.25, 0.3) is 0 Å². The van der Waals surface area contributed by atoms with Crippen molar-refractivity contribution < 1.29 is 21.9 Å². The van der Waals surface area contributed by atoms with Gasteiger partial charge in [0.15, 0.2) is 9.84 Å². The quantitative estimate of drug-likeness (QED) is 0.147. The minimum absolute atomic E-state index is 0.00744. The predicted octanol–water partition coefficient (Wildman–Crippen LogP) is 9.15. The summed E-state index contributed by atoms with van der Waals surface area (Å²) in [6.07, 6.45) is 2.65. The van der Waals surface area contributed by atoms with E-state index in [2.05, 4.69) is 56.1 Å². The molecule has 2 aliphatic rings. The Bertz CT molecular complexity index is 2700. The molecule has 2 aliphatic heterocycles. The minimum Gasteiger partial charge on any atom is -0.392 e. The van der Waals surface area contributed by atoms with Crippen molar-refractivity contribution in [1.82, 2.24) is 0 Å². The van der Waals surface area contributed by atoms with Gasteiger partial charge in [-0.2, -0.15) is 10.2 Å². The van der Waals surface area contributed by atoms with Crippen LogP contribution in [0.3, 0.4) is 0 Å². The Balaban J connectivity index is 0.000000177. The van der Waals surface area contributed by atoms with Gasteiger partial charge in [-0.15, -0.1) is 0 Å². The van der Waals surface area contributed by atoms with Crippen molar-refractivity contribution in [2.75, 3.05) is 16.3 Å². The van der Waals surface area contributed by atoms with Gasteiger partial charge in [-0.25, -0.2) is 22.0 Å². The maximum Gasteiger partial charge on any atom is 0.238 e. The molecule has 0 saturated heterocycles. The molecule has 0 saturated carbocycles. The number of sulfonamides is 1. The third-order valence-electron chi connectivity index (χ3n) is 9.82. The van der Waals surface area contributed by atoms with Crippen LogP contribution in [0, 0.1) is 0 Å². The summed E-state index contributed by atoms with van der Waals surface area (Å²) < 4.78 is 48.8. The second-order valence-electron chi connectivity index (χ2n) is 13.9. The first-order chi connectivity index (χ1) is 27.8. The number of aliphatic hydroxyl groups excluding tert-OH is 1. The molecule has 3 N–H and O–H groups in total. The standard InChI is InChI=1S/C23H21BrN2O3S.C21H18BrN3O2S/c1-30(28,29)21-11-9-20(10-12-21)26-23(17-5-7-19(24)8-6-17)14-22(25-26)18-4-2-3-16(13-18)15-27;22-17-8-4-7-16(13-17)21-14-20(15-5-2-1-3-6-15)24-25(21)18-9-11-19(12-10-18)28(23,26)27/h2-13,23,27H,14-15H2,1H3;1-13,21H,14H2,(H2,23,26,27). The van der Waals surface area contributed by atoms with Crippen molar-refractivity contribution in [2.24, 2.45) is 15.3 Å². The number of nitrogens with two attached hydrogens (primary N) is 1. The number of sulfone groups is 1. The molecule has 58 heavy (non-hydrogen) atoms. The Kier molecular flexibility index (Phi) is 12.4. The SMILES string of the molecule is CS(=O)(=O)c1ccc(N2N=C(c3cccc(CO)c3)CC2c2ccc(Br)cc2)cc1.NS(=O)(=O)c1ccc(N2N=C(c3ccccc3)CC2c2cccc(Br)c2)cc1. The first-order valence-corrected chi connectivity index (χ1v) is 23.2. The first-order valence-electron chi connectivity index (χ1n) is 18.2. The van der Waals surface area contributed by atoms with Crippen molar-refractivity contribution in [2.45, 2.75) is 41.3 Å². The number of aliphatic hydroxyl groups is 1. The molecule has 296 valence electrons. The van der Waals surface area contributed by atoms with Crippen molar-refractivity contribution in [1.29, 1.82) is 0 Å². The number of hydrogen-bond donors (Lipinski definition) is 2. The molecule has 0 bridgehead atoms. The third kappa shape index (κ3) is 9.66. The monoisotopic (exact) mass is 939 g/mol. The third-order valence-corrected chi connectivity index (χ3v) is 12.9. The molecule has 0 spiro atoms. The zero-order valence-corrected chi connectivity index (χ0v) is 36.0. The van der Waals surface area contributed by atoms with Crippen LogP contribution in [0.15, 0.2) is 181 Å². The fourth-order valence-electron chi connectivity index (χ4n) is 6.88. The zero-order chi connectivity index (χ0) is 41.0. The largest absolute Gasteiger partial charge is 0.392 e. The van der Waals surface area contributed by atoms with E-state index in [0.29, 0.717) is 6.42 Å². The summed E-state index contributed by atoms with van der Waals surface area (Å²) in [5.41, 5.74) is 8.66. The maximum atomic E-state index is 11.8. The van der Waals surface area contributed by atoms with Crippen LogP contribution in [0.2, 0.25) is 0 Å². The average molecular weight is 942 g/mol. The van der Waals surface area contributed by atoms with E-state index in [1.807, 2.05) is 88.9 Å². The van der Waals surface area contributed by atoms with Gasteiger partial charge in [0, 0.05) is 28.0 Å². The molecule has 14 heteroatoms. The highest BCUT2D eigenvalue weighted by atomic mass is 79.9. The van der Waals surface area contributed by atoms with Gasteiger partial charge in [0.2, 0.25) is 10.0 Å². The topological polar surface area (TPSA) is 146 Å². The van der Waals surface area contributed by atoms with E-state index in [0.717, 1.165) is 66.0 Å². The molecule has 2 atom stereocenters. The number of benzene rings is 6. The van der Waals surface area contributed by atoms with Crippen LogP contribution in [-0.2, 0) is 26.5 Å². The first kappa shape index (κ1) is 41.2. The minimum atomic E-state index is -3.73. The molecular weight excluding hydrogens is 902 g/mol. The van der Waals surface area contributed by atoms with Crippen LogP contribution in [0.4, 0.5) is 11.4 Å². The molecule has 2 unspecified atom stereocenters. The van der Waals surface area contributed by atoms with Crippen molar-refractivity contribution in [3.63, 3.8) is 0 Å². The van der Waals surface area contributed by atoms with Crippen molar-refractivity contribution in [3.05, 3.63) is 188 Å². The Labute approximate surface area is 355 Å². The zero-order valence-electron chi connectivity index (χ0n) is 31.2. The van der Waals surface area contributed by atoms with Crippen LogP contribution in [-0.4, -0.2) is 39.6 Å². The second kappa shape index (κ2) is 17.5. The van der Waals surface area contributed by atoms with Gasteiger partial charge in [-0.05, 0) is 107 Å². The highest BCUT2D eigenvalue weighted by molar-refractivity contribution is 9.10.